The highest BCUT2D eigenvalue weighted by Gasteiger charge is 2.12. The predicted molar refractivity (Wildman–Crippen MR) is 82.6 cm³/mol. The fraction of sp³-hybridized carbons (Fsp3) is 0.625. The Hall–Kier alpha value is -1.42. The lowest BCUT2D eigenvalue weighted by molar-refractivity contribution is 0.254. The normalized spacial score (nSPS) is 15.5. The molecule has 0 spiro atoms. The van der Waals surface area contributed by atoms with Gasteiger partial charge in [-0.3, -0.25) is 0 Å². The largest absolute Gasteiger partial charge is 0.493 e. The molecule has 112 valence electrons. The maximum atomic E-state index is 6.02. The van der Waals surface area contributed by atoms with Gasteiger partial charge in [-0.1, -0.05) is 6.92 Å². The highest BCUT2D eigenvalue weighted by Crippen LogP contribution is 2.32. The minimum absolute atomic E-state index is 0.706. The summed E-state index contributed by atoms with van der Waals surface area (Å²) in [4.78, 5) is 2.50. The molecule has 0 aliphatic carbocycles. The number of ether oxygens (including phenoxy) is 2. The van der Waals surface area contributed by atoms with Gasteiger partial charge in [0.15, 0.2) is 11.5 Å². The number of likely N-dealkylation sites (tertiary alicyclic amines) is 1. The number of hydrogen-bond acceptors (Lipinski definition) is 4. The highest BCUT2D eigenvalue weighted by molar-refractivity contribution is 5.57. The minimum Gasteiger partial charge on any atom is -0.493 e. The number of nitrogens with zero attached hydrogens (tertiary/aromatic N) is 1. The number of aryl methyl sites for hydroxylation is 1. The van der Waals surface area contributed by atoms with E-state index in [4.69, 9.17) is 15.2 Å². The number of methoxy groups -OCH3 is 1. The summed E-state index contributed by atoms with van der Waals surface area (Å²) in [5.41, 5.74) is 7.90. The van der Waals surface area contributed by atoms with Crippen LogP contribution in [0.5, 0.6) is 11.5 Å². The fourth-order valence-electron chi connectivity index (χ4n) is 2.67. The Bertz CT molecular complexity index is 429. The first-order chi connectivity index (χ1) is 9.74. The molecule has 2 N–H and O–H groups in total. The summed E-state index contributed by atoms with van der Waals surface area (Å²) in [7, 11) is 1.67. The molecule has 0 aromatic heterocycles. The molecule has 0 atom stereocenters. The standard InChI is InChI=1S/C16H26N2O2/c1-3-13-11-15(19-2)16(12-14(13)17)20-10-6-9-18-7-4-5-8-18/h11-12H,3-10,17H2,1-2H3. The molecule has 1 aromatic rings. The quantitative estimate of drug-likeness (QED) is 0.615. The summed E-state index contributed by atoms with van der Waals surface area (Å²) in [6, 6.07) is 3.86. The molecular formula is C16H26N2O2. The van der Waals surface area contributed by atoms with E-state index in [1.54, 1.807) is 7.11 Å². The first kappa shape index (κ1) is 15.0. The van der Waals surface area contributed by atoms with Gasteiger partial charge in [0.05, 0.1) is 13.7 Å². The van der Waals surface area contributed by atoms with Crippen molar-refractivity contribution in [3.63, 3.8) is 0 Å². The van der Waals surface area contributed by atoms with Gasteiger partial charge in [-0.2, -0.15) is 0 Å². The van der Waals surface area contributed by atoms with Crippen molar-refractivity contribution in [2.45, 2.75) is 32.6 Å². The van der Waals surface area contributed by atoms with E-state index in [1.807, 2.05) is 12.1 Å². The van der Waals surface area contributed by atoms with Gasteiger partial charge in [0, 0.05) is 18.3 Å². The van der Waals surface area contributed by atoms with E-state index in [2.05, 4.69) is 11.8 Å². The Morgan fingerprint density at radius 3 is 2.60 bits per heavy atom. The number of nitrogen functional groups attached to an aromatic ring is 1. The number of benzene rings is 1. The van der Waals surface area contributed by atoms with Gasteiger partial charge in [-0.15, -0.1) is 0 Å². The topological polar surface area (TPSA) is 47.7 Å². The molecule has 1 aliphatic heterocycles. The van der Waals surface area contributed by atoms with Gasteiger partial charge < -0.3 is 20.1 Å². The van der Waals surface area contributed by atoms with Gasteiger partial charge in [-0.25, -0.2) is 0 Å². The van der Waals surface area contributed by atoms with Gasteiger partial charge in [0.2, 0.25) is 0 Å². The second-order valence-electron chi connectivity index (χ2n) is 5.31. The lowest BCUT2D eigenvalue weighted by Crippen LogP contribution is -2.22. The summed E-state index contributed by atoms with van der Waals surface area (Å²) in [6.45, 7) is 6.38. The van der Waals surface area contributed by atoms with Crippen LogP contribution in [0.4, 0.5) is 5.69 Å². The van der Waals surface area contributed by atoms with Crippen molar-refractivity contribution in [2.75, 3.05) is 39.1 Å². The Balaban J connectivity index is 1.86. The first-order valence-corrected chi connectivity index (χ1v) is 7.56. The third-order valence-corrected chi connectivity index (χ3v) is 3.88. The van der Waals surface area contributed by atoms with Crippen molar-refractivity contribution >= 4 is 5.69 Å². The fourth-order valence-corrected chi connectivity index (χ4v) is 2.67. The summed E-state index contributed by atoms with van der Waals surface area (Å²) < 4.78 is 11.2. The number of hydrogen-bond donors (Lipinski definition) is 1. The van der Waals surface area contributed by atoms with Crippen LogP contribution in [-0.2, 0) is 6.42 Å². The first-order valence-electron chi connectivity index (χ1n) is 7.56. The van der Waals surface area contributed by atoms with Crippen molar-refractivity contribution in [1.82, 2.24) is 4.90 Å². The molecule has 0 radical (unpaired) electrons. The van der Waals surface area contributed by atoms with E-state index in [0.29, 0.717) is 6.61 Å². The molecule has 1 aliphatic rings. The Morgan fingerprint density at radius 1 is 1.20 bits per heavy atom. The zero-order valence-corrected chi connectivity index (χ0v) is 12.7. The third-order valence-electron chi connectivity index (χ3n) is 3.88. The van der Waals surface area contributed by atoms with Crippen molar-refractivity contribution in [1.29, 1.82) is 0 Å². The van der Waals surface area contributed by atoms with E-state index < -0.39 is 0 Å². The van der Waals surface area contributed by atoms with E-state index >= 15 is 0 Å². The summed E-state index contributed by atoms with van der Waals surface area (Å²) >= 11 is 0. The molecule has 1 saturated heterocycles. The second kappa shape index (κ2) is 7.39. The van der Waals surface area contributed by atoms with E-state index in [1.165, 1.54) is 25.9 Å². The molecular weight excluding hydrogens is 252 g/mol. The summed E-state index contributed by atoms with van der Waals surface area (Å²) in [5.74, 6) is 1.53. The lowest BCUT2D eigenvalue weighted by atomic mass is 10.1. The van der Waals surface area contributed by atoms with Crippen LogP contribution in [-0.4, -0.2) is 38.3 Å². The molecule has 4 heteroatoms. The van der Waals surface area contributed by atoms with Crippen LogP contribution in [0.15, 0.2) is 12.1 Å². The monoisotopic (exact) mass is 278 g/mol. The predicted octanol–water partition coefficient (Wildman–Crippen LogP) is 2.70. The van der Waals surface area contributed by atoms with Crippen molar-refractivity contribution in [3.05, 3.63) is 17.7 Å². The van der Waals surface area contributed by atoms with Crippen LogP contribution in [0.1, 0.15) is 31.7 Å². The van der Waals surface area contributed by atoms with Crippen LogP contribution < -0.4 is 15.2 Å². The van der Waals surface area contributed by atoms with Crippen LogP contribution in [0.3, 0.4) is 0 Å². The number of anilines is 1. The summed E-state index contributed by atoms with van der Waals surface area (Å²) in [5, 5.41) is 0. The zero-order chi connectivity index (χ0) is 14.4. The number of nitrogens with two attached hydrogens (primary N) is 1. The van der Waals surface area contributed by atoms with E-state index in [9.17, 15) is 0 Å². The maximum Gasteiger partial charge on any atom is 0.163 e. The van der Waals surface area contributed by atoms with Crippen LogP contribution in [0.25, 0.3) is 0 Å². The molecule has 1 fully saturated rings. The molecule has 0 bridgehead atoms. The van der Waals surface area contributed by atoms with Crippen LogP contribution in [0, 0.1) is 0 Å². The van der Waals surface area contributed by atoms with Gasteiger partial charge in [0.1, 0.15) is 0 Å². The molecule has 0 amide bonds. The Labute approximate surface area is 121 Å². The number of rotatable bonds is 7. The van der Waals surface area contributed by atoms with Crippen LogP contribution in [0.2, 0.25) is 0 Å². The maximum absolute atomic E-state index is 6.02. The van der Waals surface area contributed by atoms with Crippen molar-refractivity contribution in [2.24, 2.45) is 0 Å². The SMILES string of the molecule is CCc1cc(OC)c(OCCCN2CCCC2)cc1N. The molecule has 0 unspecified atom stereocenters. The molecule has 20 heavy (non-hydrogen) atoms. The second-order valence-corrected chi connectivity index (χ2v) is 5.31. The van der Waals surface area contributed by atoms with Crippen LogP contribution >= 0.6 is 0 Å². The van der Waals surface area contributed by atoms with E-state index in [0.717, 1.165) is 42.1 Å². The molecule has 0 saturated carbocycles. The van der Waals surface area contributed by atoms with Gasteiger partial charge >= 0.3 is 0 Å². The third kappa shape index (κ3) is 3.79. The molecule has 4 nitrogen and oxygen atoms in total. The Morgan fingerprint density at radius 2 is 1.95 bits per heavy atom. The van der Waals surface area contributed by atoms with Gasteiger partial charge in [-0.05, 0) is 50.4 Å². The molecule has 1 heterocycles. The minimum atomic E-state index is 0.706. The average Bonchev–Trinajstić information content (AvgIpc) is 2.97. The average molecular weight is 278 g/mol. The Kier molecular flexibility index (Phi) is 5.53. The van der Waals surface area contributed by atoms with Crippen molar-refractivity contribution in [3.8, 4) is 11.5 Å². The lowest BCUT2D eigenvalue weighted by Gasteiger charge is -2.16. The van der Waals surface area contributed by atoms with E-state index in [-0.39, 0.29) is 0 Å². The highest BCUT2D eigenvalue weighted by atomic mass is 16.5. The molecule has 2 rings (SSSR count). The van der Waals surface area contributed by atoms with Crippen molar-refractivity contribution < 1.29 is 9.47 Å². The van der Waals surface area contributed by atoms with Gasteiger partial charge in [0.25, 0.3) is 0 Å². The smallest absolute Gasteiger partial charge is 0.163 e. The summed E-state index contributed by atoms with van der Waals surface area (Å²) in [6.07, 6.45) is 4.61. The zero-order valence-electron chi connectivity index (χ0n) is 12.7. The molecule has 1 aromatic carbocycles.